The van der Waals surface area contributed by atoms with E-state index in [1.165, 1.54) is 42.5 Å². The van der Waals surface area contributed by atoms with Gasteiger partial charge >= 0.3 is 0 Å². The maximum atomic E-state index is 3.63. The summed E-state index contributed by atoms with van der Waals surface area (Å²) in [6, 6.07) is 7.29. The van der Waals surface area contributed by atoms with E-state index in [1.54, 1.807) is 0 Å². The van der Waals surface area contributed by atoms with E-state index in [-0.39, 0.29) is 24.8 Å². The quantitative estimate of drug-likeness (QED) is 0.888. The Morgan fingerprint density at radius 2 is 2.06 bits per heavy atom. The molecule has 104 valence electrons. The second kappa shape index (κ2) is 8.63. The van der Waals surface area contributed by atoms with Crippen molar-refractivity contribution in [1.29, 1.82) is 0 Å². The molecule has 4 heteroatoms. The normalized spacial score (nSPS) is 17.1. The Morgan fingerprint density at radius 3 is 2.72 bits per heavy atom. The molecule has 1 unspecified atom stereocenters. The summed E-state index contributed by atoms with van der Waals surface area (Å²) in [6.07, 6.45) is 4.88. The SMILES string of the molecule is CCCNC1CCc2c(cccc2NC)C1.Cl.Cl. The molecule has 0 saturated carbocycles. The summed E-state index contributed by atoms with van der Waals surface area (Å²) in [7, 11) is 2.01. The van der Waals surface area contributed by atoms with Gasteiger partial charge in [-0.05, 0) is 49.4 Å². The van der Waals surface area contributed by atoms with Crippen LogP contribution in [0.3, 0.4) is 0 Å². The first-order valence-corrected chi connectivity index (χ1v) is 6.37. The monoisotopic (exact) mass is 290 g/mol. The summed E-state index contributed by atoms with van der Waals surface area (Å²) in [5.74, 6) is 0. The number of benzene rings is 1. The Kier molecular flexibility index (Phi) is 8.41. The van der Waals surface area contributed by atoms with Gasteiger partial charge in [0.2, 0.25) is 0 Å². The third kappa shape index (κ3) is 4.04. The van der Waals surface area contributed by atoms with Gasteiger partial charge in [0.1, 0.15) is 0 Å². The first-order chi connectivity index (χ1) is 7.85. The Hall–Kier alpha value is -0.440. The lowest BCUT2D eigenvalue weighted by molar-refractivity contribution is 0.459. The lowest BCUT2D eigenvalue weighted by atomic mass is 9.87. The first kappa shape index (κ1) is 17.6. The summed E-state index contributed by atoms with van der Waals surface area (Å²) in [5.41, 5.74) is 4.36. The van der Waals surface area contributed by atoms with Gasteiger partial charge in [-0.25, -0.2) is 0 Å². The minimum absolute atomic E-state index is 0. The molecule has 1 aromatic carbocycles. The Bertz CT molecular complexity index is 356. The number of anilines is 1. The van der Waals surface area contributed by atoms with Crippen LogP contribution in [-0.4, -0.2) is 19.6 Å². The van der Waals surface area contributed by atoms with Crippen LogP contribution in [0.5, 0.6) is 0 Å². The van der Waals surface area contributed by atoms with Crippen molar-refractivity contribution < 1.29 is 0 Å². The van der Waals surface area contributed by atoms with E-state index >= 15 is 0 Å². The largest absolute Gasteiger partial charge is 0.388 e. The van der Waals surface area contributed by atoms with E-state index in [0.29, 0.717) is 6.04 Å². The molecule has 1 aromatic rings. The molecule has 0 aliphatic heterocycles. The van der Waals surface area contributed by atoms with E-state index in [9.17, 15) is 0 Å². The zero-order valence-corrected chi connectivity index (χ0v) is 12.8. The maximum Gasteiger partial charge on any atom is 0.0372 e. The predicted molar refractivity (Wildman–Crippen MR) is 84.6 cm³/mol. The Balaban J connectivity index is 0.00000144. The molecule has 0 aromatic heterocycles. The van der Waals surface area contributed by atoms with Crippen molar-refractivity contribution in [1.82, 2.24) is 5.32 Å². The van der Waals surface area contributed by atoms with E-state index < -0.39 is 0 Å². The molecule has 0 bridgehead atoms. The molecule has 0 heterocycles. The maximum absolute atomic E-state index is 3.63. The van der Waals surface area contributed by atoms with Crippen molar-refractivity contribution in [3.63, 3.8) is 0 Å². The minimum Gasteiger partial charge on any atom is -0.388 e. The molecule has 2 N–H and O–H groups in total. The average Bonchev–Trinajstić information content (AvgIpc) is 2.35. The third-order valence-corrected chi connectivity index (χ3v) is 3.43. The van der Waals surface area contributed by atoms with Crippen LogP contribution in [0.25, 0.3) is 0 Å². The fourth-order valence-corrected chi connectivity index (χ4v) is 2.56. The van der Waals surface area contributed by atoms with Crippen molar-refractivity contribution in [3.05, 3.63) is 29.3 Å². The minimum atomic E-state index is 0. The molecule has 1 aliphatic carbocycles. The molecule has 0 spiro atoms. The van der Waals surface area contributed by atoms with Crippen molar-refractivity contribution in [3.8, 4) is 0 Å². The van der Waals surface area contributed by atoms with Crippen LogP contribution in [-0.2, 0) is 12.8 Å². The van der Waals surface area contributed by atoms with Crippen LogP contribution in [0.1, 0.15) is 30.9 Å². The summed E-state index contributed by atoms with van der Waals surface area (Å²) >= 11 is 0. The molecule has 0 radical (unpaired) electrons. The number of hydrogen-bond acceptors (Lipinski definition) is 2. The zero-order valence-electron chi connectivity index (χ0n) is 11.2. The summed E-state index contributed by atoms with van der Waals surface area (Å²) in [5, 5.41) is 6.92. The Morgan fingerprint density at radius 1 is 1.28 bits per heavy atom. The van der Waals surface area contributed by atoms with Crippen molar-refractivity contribution in [2.24, 2.45) is 0 Å². The average molecular weight is 291 g/mol. The van der Waals surface area contributed by atoms with Crippen LogP contribution in [0, 0.1) is 0 Å². The van der Waals surface area contributed by atoms with E-state index in [2.05, 4.69) is 35.8 Å². The van der Waals surface area contributed by atoms with E-state index in [0.717, 1.165) is 6.54 Å². The summed E-state index contributed by atoms with van der Waals surface area (Å²) in [4.78, 5) is 0. The fraction of sp³-hybridized carbons (Fsp3) is 0.571. The topological polar surface area (TPSA) is 24.1 Å². The standard InChI is InChI=1S/C14H22N2.2ClH/c1-3-9-16-12-7-8-13-11(10-12)5-4-6-14(13)15-2;;/h4-6,12,15-16H,3,7-10H2,1-2H3;2*1H. The molecule has 1 aliphatic rings. The zero-order chi connectivity index (χ0) is 11.4. The van der Waals surface area contributed by atoms with E-state index in [4.69, 9.17) is 0 Å². The van der Waals surface area contributed by atoms with Crippen LogP contribution in [0.2, 0.25) is 0 Å². The molecule has 2 nitrogen and oxygen atoms in total. The van der Waals surface area contributed by atoms with Gasteiger partial charge in [-0.1, -0.05) is 19.1 Å². The van der Waals surface area contributed by atoms with Crippen LogP contribution in [0.15, 0.2) is 18.2 Å². The number of rotatable bonds is 4. The lowest BCUT2D eigenvalue weighted by Gasteiger charge is -2.27. The molecule has 0 amide bonds. The Labute approximate surface area is 123 Å². The third-order valence-electron chi connectivity index (χ3n) is 3.43. The second-order valence-corrected chi connectivity index (χ2v) is 4.59. The van der Waals surface area contributed by atoms with Gasteiger partial charge in [0.15, 0.2) is 0 Å². The van der Waals surface area contributed by atoms with Crippen LogP contribution >= 0.6 is 24.8 Å². The smallest absolute Gasteiger partial charge is 0.0372 e. The summed E-state index contributed by atoms with van der Waals surface area (Å²) in [6.45, 7) is 3.37. The van der Waals surface area contributed by atoms with Crippen molar-refractivity contribution in [2.75, 3.05) is 18.9 Å². The first-order valence-electron chi connectivity index (χ1n) is 6.37. The van der Waals surface area contributed by atoms with Crippen LogP contribution in [0.4, 0.5) is 5.69 Å². The highest BCUT2D eigenvalue weighted by Gasteiger charge is 2.19. The molecular weight excluding hydrogens is 267 g/mol. The van der Waals surface area contributed by atoms with Gasteiger partial charge in [0, 0.05) is 18.8 Å². The molecular formula is C14H24Cl2N2. The van der Waals surface area contributed by atoms with Gasteiger partial charge in [-0.15, -0.1) is 24.8 Å². The molecule has 1 atom stereocenters. The molecule has 0 fully saturated rings. The highest BCUT2D eigenvalue weighted by atomic mass is 35.5. The van der Waals surface area contributed by atoms with Crippen molar-refractivity contribution in [2.45, 2.75) is 38.6 Å². The van der Waals surface area contributed by atoms with Gasteiger partial charge in [-0.3, -0.25) is 0 Å². The van der Waals surface area contributed by atoms with E-state index in [1.807, 2.05) is 7.05 Å². The number of hydrogen-bond donors (Lipinski definition) is 2. The van der Waals surface area contributed by atoms with Gasteiger partial charge in [0.05, 0.1) is 0 Å². The number of fused-ring (bicyclic) bond motifs is 1. The number of halogens is 2. The molecule has 2 rings (SSSR count). The van der Waals surface area contributed by atoms with Crippen LogP contribution < -0.4 is 10.6 Å². The predicted octanol–water partition coefficient (Wildman–Crippen LogP) is 3.43. The van der Waals surface area contributed by atoms with Gasteiger partial charge < -0.3 is 10.6 Å². The highest BCUT2D eigenvalue weighted by molar-refractivity contribution is 5.85. The van der Waals surface area contributed by atoms with Gasteiger partial charge in [0.25, 0.3) is 0 Å². The van der Waals surface area contributed by atoms with Gasteiger partial charge in [-0.2, -0.15) is 0 Å². The molecule has 0 saturated heterocycles. The number of nitrogens with one attached hydrogen (secondary N) is 2. The summed E-state index contributed by atoms with van der Waals surface area (Å²) < 4.78 is 0. The molecule has 18 heavy (non-hydrogen) atoms. The highest BCUT2D eigenvalue weighted by Crippen LogP contribution is 2.27. The lowest BCUT2D eigenvalue weighted by Crippen LogP contribution is -2.35. The second-order valence-electron chi connectivity index (χ2n) is 4.59. The van der Waals surface area contributed by atoms with Crippen molar-refractivity contribution >= 4 is 30.5 Å². The fourth-order valence-electron chi connectivity index (χ4n) is 2.56.